The van der Waals surface area contributed by atoms with Crippen LogP contribution in [-0.2, 0) is 12.5 Å². The summed E-state index contributed by atoms with van der Waals surface area (Å²) >= 11 is 1.79. The van der Waals surface area contributed by atoms with Crippen molar-refractivity contribution in [2.24, 2.45) is 7.05 Å². The fourth-order valence-corrected chi connectivity index (χ4v) is 7.65. The Balaban J connectivity index is 1.36. The molecule has 0 fully saturated rings. The first-order valence-corrected chi connectivity index (χ1v) is 15.4. The fourth-order valence-electron chi connectivity index (χ4n) is 6.87. The van der Waals surface area contributed by atoms with Gasteiger partial charge in [-0.3, -0.25) is 0 Å². The Labute approximate surface area is 247 Å². The molecule has 4 aromatic carbocycles. The summed E-state index contributed by atoms with van der Waals surface area (Å²) in [6, 6.07) is 44.5. The predicted octanol–water partition coefficient (Wildman–Crippen LogP) is 11.0. The Morgan fingerprint density at radius 3 is 1.83 bits per heavy atom. The molecule has 3 heteroatoms. The number of anilines is 3. The second kappa shape index (κ2) is 10.2. The number of hydrogen-bond donors (Lipinski definition) is 0. The van der Waals surface area contributed by atoms with Crippen LogP contribution < -0.4 is 4.90 Å². The summed E-state index contributed by atoms with van der Waals surface area (Å²) in [7, 11) is 2.19. The van der Waals surface area contributed by atoms with Crippen LogP contribution in [0.1, 0.15) is 37.8 Å². The van der Waals surface area contributed by atoms with Crippen molar-refractivity contribution in [3.63, 3.8) is 0 Å². The highest BCUT2D eigenvalue weighted by Gasteiger charge is 2.41. The van der Waals surface area contributed by atoms with E-state index in [1.54, 1.807) is 11.3 Å². The number of fused-ring (bicyclic) bond motifs is 3. The highest BCUT2D eigenvalue weighted by atomic mass is 32.1. The van der Waals surface area contributed by atoms with Crippen molar-refractivity contribution in [2.75, 3.05) is 4.90 Å². The molecule has 0 aliphatic heterocycles. The first-order valence-electron chi connectivity index (χ1n) is 14.5. The van der Waals surface area contributed by atoms with Crippen LogP contribution >= 0.6 is 11.3 Å². The number of nitrogens with zero attached hydrogens (tertiary/aromatic N) is 2. The van der Waals surface area contributed by atoms with Crippen molar-refractivity contribution in [2.45, 2.75) is 32.1 Å². The molecule has 202 valence electrons. The van der Waals surface area contributed by atoms with Crippen LogP contribution in [0.2, 0.25) is 0 Å². The lowest BCUT2D eigenvalue weighted by atomic mass is 9.73. The molecule has 0 saturated heterocycles. The van der Waals surface area contributed by atoms with Gasteiger partial charge in [-0.05, 0) is 107 Å². The minimum Gasteiger partial charge on any atom is -0.343 e. The van der Waals surface area contributed by atoms with Gasteiger partial charge >= 0.3 is 0 Å². The molecule has 41 heavy (non-hydrogen) atoms. The molecule has 0 amide bonds. The molecule has 0 bridgehead atoms. The fraction of sp³-hybridized carbons (Fsp3) is 0.158. The van der Waals surface area contributed by atoms with E-state index in [1.807, 2.05) is 0 Å². The number of para-hydroxylation sites is 2. The second-order valence-corrected chi connectivity index (χ2v) is 11.9. The van der Waals surface area contributed by atoms with Crippen molar-refractivity contribution in [3.8, 4) is 33.0 Å². The maximum Gasteiger partial charge on any atom is 0.0584 e. The minimum absolute atomic E-state index is 0.0303. The molecule has 2 aromatic heterocycles. The van der Waals surface area contributed by atoms with E-state index in [2.05, 4.69) is 157 Å². The van der Waals surface area contributed by atoms with Crippen LogP contribution in [0.5, 0.6) is 0 Å². The van der Waals surface area contributed by atoms with Gasteiger partial charge in [0, 0.05) is 35.2 Å². The molecule has 0 spiro atoms. The van der Waals surface area contributed by atoms with Crippen LogP contribution in [0, 0.1) is 0 Å². The minimum atomic E-state index is -0.0303. The number of rotatable bonds is 7. The molecule has 2 nitrogen and oxygen atoms in total. The number of thiophene rings is 1. The Morgan fingerprint density at radius 1 is 0.610 bits per heavy atom. The molecular formula is C38H34N2S. The summed E-state index contributed by atoms with van der Waals surface area (Å²) in [5.74, 6) is 0. The lowest BCUT2D eigenvalue weighted by Gasteiger charge is -2.32. The van der Waals surface area contributed by atoms with Crippen LogP contribution in [0.4, 0.5) is 17.1 Å². The summed E-state index contributed by atoms with van der Waals surface area (Å²) in [6.45, 7) is 4.70. The topological polar surface area (TPSA) is 8.17 Å². The van der Waals surface area contributed by atoms with E-state index in [0.29, 0.717) is 0 Å². The molecule has 0 unspecified atom stereocenters. The molecule has 0 atom stereocenters. The van der Waals surface area contributed by atoms with Crippen molar-refractivity contribution >= 4 is 28.4 Å². The number of hydrogen-bond acceptors (Lipinski definition) is 2. The van der Waals surface area contributed by atoms with Gasteiger partial charge in [-0.25, -0.2) is 0 Å². The zero-order valence-corrected chi connectivity index (χ0v) is 24.7. The Morgan fingerprint density at radius 2 is 1.22 bits per heavy atom. The first kappa shape index (κ1) is 25.6. The van der Waals surface area contributed by atoms with E-state index in [-0.39, 0.29) is 5.41 Å². The average molecular weight is 551 g/mol. The van der Waals surface area contributed by atoms with Gasteiger partial charge in [-0.15, -0.1) is 11.3 Å². The molecule has 0 saturated carbocycles. The third-order valence-corrected chi connectivity index (χ3v) is 9.92. The van der Waals surface area contributed by atoms with Gasteiger partial charge in [0.25, 0.3) is 0 Å². The van der Waals surface area contributed by atoms with Crippen molar-refractivity contribution < 1.29 is 0 Å². The lowest BCUT2D eigenvalue weighted by molar-refractivity contribution is 0.490. The standard InChI is InChI=1S/C38H34N2S/c1-4-38(5-2)33-25-27(35-22-23-36(39(35)3)37-17-12-24-41-37)18-20-31(33)32-21-19-30(26-34(32)38)40(28-13-8-6-9-14-28)29-15-10-7-11-16-29/h6-26H,4-5H2,1-3H3. The molecule has 7 rings (SSSR count). The molecule has 2 heterocycles. The maximum absolute atomic E-state index is 2.47. The zero-order valence-electron chi connectivity index (χ0n) is 23.8. The number of aromatic nitrogens is 1. The van der Waals surface area contributed by atoms with Gasteiger partial charge in [-0.1, -0.05) is 74.5 Å². The third kappa shape index (κ3) is 4.07. The molecule has 1 aliphatic carbocycles. The second-order valence-electron chi connectivity index (χ2n) is 10.9. The zero-order chi connectivity index (χ0) is 28.0. The number of benzene rings is 4. The van der Waals surface area contributed by atoms with E-state index < -0.39 is 0 Å². The smallest absolute Gasteiger partial charge is 0.0584 e. The molecule has 0 radical (unpaired) electrons. The highest BCUT2D eigenvalue weighted by Crippen LogP contribution is 2.55. The predicted molar refractivity (Wildman–Crippen MR) is 176 cm³/mol. The lowest BCUT2D eigenvalue weighted by Crippen LogP contribution is -2.23. The SMILES string of the molecule is CCC1(CC)c2cc(-c3ccc(-c4cccs4)n3C)ccc2-c2ccc(N(c3ccccc3)c3ccccc3)cc21. The molecule has 1 aliphatic rings. The Hall–Kier alpha value is -4.34. The molecule has 0 N–H and O–H groups in total. The first-order chi connectivity index (χ1) is 20.1. The van der Waals surface area contributed by atoms with E-state index >= 15 is 0 Å². The van der Waals surface area contributed by atoms with E-state index in [4.69, 9.17) is 0 Å². The van der Waals surface area contributed by atoms with Gasteiger partial charge in [0.2, 0.25) is 0 Å². The van der Waals surface area contributed by atoms with Crippen molar-refractivity contribution in [1.82, 2.24) is 4.57 Å². The van der Waals surface area contributed by atoms with Crippen LogP contribution in [0.25, 0.3) is 33.0 Å². The summed E-state index contributed by atoms with van der Waals surface area (Å²) in [5, 5.41) is 2.15. The van der Waals surface area contributed by atoms with Gasteiger partial charge in [0.05, 0.1) is 10.6 Å². The highest BCUT2D eigenvalue weighted by molar-refractivity contribution is 7.13. The summed E-state index contributed by atoms with van der Waals surface area (Å²) in [6.07, 6.45) is 2.11. The Kier molecular flexibility index (Phi) is 6.40. The van der Waals surface area contributed by atoms with Gasteiger partial charge in [0.1, 0.15) is 0 Å². The van der Waals surface area contributed by atoms with E-state index in [0.717, 1.165) is 12.8 Å². The van der Waals surface area contributed by atoms with E-state index in [1.165, 1.54) is 61.1 Å². The van der Waals surface area contributed by atoms with Crippen molar-refractivity contribution in [3.05, 3.63) is 138 Å². The molecular weight excluding hydrogens is 516 g/mol. The largest absolute Gasteiger partial charge is 0.343 e. The maximum atomic E-state index is 2.47. The van der Waals surface area contributed by atoms with Crippen LogP contribution in [0.15, 0.2) is 127 Å². The van der Waals surface area contributed by atoms with Crippen LogP contribution in [0.3, 0.4) is 0 Å². The average Bonchev–Trinajstić information content (AvgIpc) is 3.75. The van der Waals surface area contributed by atoms with Gasteiger partial charge in [0.15, 0.2) is 0 Å². The van der Waals surface area contributed by atoms with Crippen LogP contribution in [-0.4, -0.2) is 4.57 Å². The molecule has 6 aromatic rings. The normalized spacial score (nSPS) is 13.1. The van der Waals surface area contributed by atoms with Crippen molar-refractivity contribution in [1.29, 1.82) is 0 Å². The Bertz CT molecular complexity index is 1770. The van der Waals surface area contributed by atoms with Gasteiger partial charge in [-0.2, -0.15) is 0 Å². The summed E-state index contributed by atoms with van der Waals surface area (Å²) < 4.78 is 2.34. The third-order valence-electron chi connectivity index (χ3n) is 9.03. The summed E-state index contributed by atoms with van der Waals surface area (Å²) in [5.41, 5.74) is 12.9. The quantitative estimate of drug-likeness (QED) is 0.192. The monoisotopic (exact) mass is 550 g/mol. The van der Waals surface area contributed by atoms with Gasteiger partial charge < -0.3 is 9.47 Å². The summed E-state index contributed by atoms with van der Waals surface area (Å²) in [4.78, 5) is 3.68. The van der Waals surface area contributed by atoms with E-state index in [9.17, 15) is 0 Å².